The summed E-state index contributed by atoms with van der Waals surface area (Å²) in [6, 6.07) is 0. The number of hydrogen-bond donors (Lipinski definition) is 2. The molecule has 1 unspecified atom stereocenters. The second-order valence-corrected chi connectivity index (χ2v) is 5.17. The van der Waals surface area contributed by atoms with Crippen LogP contribution in [0.15, 0.2) is 4.99 Å². The van der Waals surface area contributed by atoms with Gasteiger partial charge in [-0.2, -0.15) is 13.2 Å². The van der Waals surface area contributed by atoms with Gasteiger partial charge in [0.25, 0.3) is 5.72 Å². The lowest BCUT2D eigenvalue weighted by molar-refractivity contribution is -0.268. The molecule has 7 heteroatoms. The van der Waals surface area contributed by atoms with Crippen LogP contribution in [0.2, 0.25) is 0 Å². The zero-order chi connectivity index (χ0) is 12.0. The molecule has 1 heterocycles. The number of nitrogens with zero attached hydrogens (tertiary/aromatic N) is 1. The summed E-state index contributed by atoms with van der Waals surface area (Å²) in [6.07, 6.45) is -1.24. The van der Waals surface area contributed by atoms with E-state index in [-0.39, 0.29) is 11.6 Å². The highest BCUT2D eigenvalue weighted by Gasteiger charge is 2.61. The monoisotopic (exact) mass is 254 g/mol. The Bertz CT molecular complexity index is 327. The largest absolute Gasteiger partial charge is 0.438 e. The van der Waals surface area contributed by atoms with E-state index in [0.717, 1.165) is 18.2 Å². The lowest BCUT2D eigenvalue weighted by atomic mass is 9.71. The SMILES string of the molecule is CSC1=NC(O)(C(F)(F)F)CC2(CCC2)N1. The quantitative estimate of drug-likeness (QED) is 0.693. The summed E-state index contributed by atoms with van der Waals surface area (Å²) in [7, 11) is 0. The first kappa shape index (κ1) is 12.0. The maximum absolute atomic E-state index is 12.7. The van der Waals surface area contributed by atoms with Gasteiger partial charge in [0.1, 0.15) is 0 Å². The molecule has 0 saturated heterocycles. The number of rotatable bonds is 0. The number of amidine groups is 1. The Morgan fingerprint density at radius 3 is 2.44 bits per heavy atom. The molecule has 2 aliphatic rings. The number of aliphatic imine (C=N–C) groups is 1. The van der Waals surface area contributed by atoms with Crippen molar-refractivity contribution in [1.29, 1.82) is 0 Å². The zero-order valence-electron chi connectivity index (χ0n) is 8.76. The topological polar surface area (TPSA) is 44.6 Å². The highest BCUT2D eigenvalue weighted by atomic mass is 32.2. The van der Waals surface area contributed by atoms with Crippen LogP contribution in [0, 0.1) is 0 Å². The highest BCUT2D eigenvalue weighted by Crippen LogP contribution is 2.47. The molecule has 1 spiro atoms. The minimum Gasteiger partial charge on any atom is -0.362 e. The molecule has 2 rings (SSSR count). The van der Waals surface area contributed by atoms with Crippen molar-refractivity contribution < 1.29 is 18.3 Å². The van der Waals surface area contributed by atoms with E-state index in [4.69, 9.17) is 0 Å². The molecular formula is C9H13F3N2OS. The number of hydrogen-bond acceptors (Lipinski definition) is 4. The first-order valence-corrected chi connectivity index (χ1v) is 6.24. The predicted molar refractivity (Wildman–Crippen MR) is 56.3 cm³/mol. The number of alkyl halides is 3. The van der Waals surface area contributed by atoms with Crippen LogP contribution < -0.4 is 5.32 Å². The molecule has 1 aliphatic carbocycles. The molecule has 0 aromatic heterocycles. The fourth-order valence-electron chi connectivity index (χ4n) is 2.14. The maximum Gasteiger partial charge on any atom is 0.438 e. The summed E-state index contributed by atoms with van der Waals surface area (Å²) in [5, 5.41) is 12.8. The summed E-state index contributed by atoms with van der Waals surface area (Å²) in [5.41, 5.74) is -3.53. The van der Waals surface area contributed by atoms with Crippen LogP contribution in [0.3, 0.4) is 0 Å². The van der Waals surface area contributed by atoms with Crippen molar-refractivity contribution in [2.75, 3.05) is 6.26 Å². The molecule has 16 heavy (non-hydrogen) atoms. The molecule has 1 atom stereocenters. The fourth-order valence-corrected chi connectivity index (χ4v) is 2.70. The number of nitrogens with one attached hydrogen (secondary N) is 1. The van der Waals surface area contributed by atoms with Crippen LogP contribution in [0.4, 0.5) is 13.2 Å². The molecule has 1 fully saturated rings. The first-order valence-electron chi connectivity index (χ1n) is 5.01. The van der Waals surface area contributed by atoms with Gasteiger partial charge in [-0.15, -0.1) is 0 Å². The first-order chi connectivity index (χ1) is 7.30. The highest BCUT2D eigenvalue weighted by molar-refractivity contribution is 8.13. The van der Waals surface area contributed by atoms with E-state index in [1.807, 2.05) is 0 Å². The Kier molecular flexibility index (Phi) is 2.66. The molecule has 0 aromatic carbocycles. The Morgan fingerprint density at radius 1 is 1.44 bits per heavy atom. The van der Waals surface area contributed by atoms with Gasteiger partial charge in [0.15, 0.2) is 5.17 Å². The van der Waals surface area contributed by atoms with Gasteiger partial charge in [0, 0.05) is 12.0 Å². The summed E-state index contributed by atoms with van der Waals surface area (Å²) < 4.78 is 38.2. The normalized spacial score (nSPS) is 32.9. The third-order valence-corrected chi connectivity index (χ3v) is 3.78. The Hall–Kier alpha value is -0.430. The van der Waals surface area contributed by atoms with E-state index < -0.39 is 17.4 Å². The van der Waals surface area contributed by atoms with E-state index in [2.05, 4.69) is 10.3 Å². The molecule has 2 N–H and O–H groups in total. The Morgan fingerprint density at radius 2 is 2.06 bits per heavy atom. The van der Waals surface area contributed by atoms with Crippen molar-refractivity contribution in [3.8, 4) is 0 Å². The van der Waals surface area contributed by atoms with Crippen LogP contribution in [-0.4, -0.2) is 34.0 Å². The van der Waals surface area contributed by atoms with Crippen molar-refractivity contribution in [3.05, 3.63) is 0 Å². The van der Waals surface area contributed by atoms with Crippen molar-refractivity contribution in [2.45, 2.75) is 43.1 Å². The molecule has 0 amide bonds. The van der Waals surface area contributed by atoms with E-state index in [1.54, 1.807) is 6.26 Å². The molecule has 3 nitrogen and oxygen atoms in total. The smallest absolute Gasteiger partial charge is 0.362 e. The van der Waals surface area contributed by atoms with Crippen molar-refractivity contribution in [2.24, 2.45) is 4.99 Å². The Balaban J connectivity index is 2.32. The van der Waals surface area contributed by atoms with Gasteiger partial charge in [0.05, 0.1) is 0 Å². The van der Waals surface area contributed by atoms with Crippen molar-refractivity contribution >= 4 is 16.9 Å². The molecule has 1 saturated carbocycles. The van der Waals surface area contributed by atoms with Crippen LogP contribution in [0.5, 0.6) is 0 Å². The van der Waals surface area contributed by atoms with E-state index >= 15 is 0 Å². The van der Waals surface area contributed by atoms with Crippen molar-refractivity contribution in [1.82, 2.24) is 5.32 Å². The standard InChI is InChI=1S/C9H13F3N2OS/c1-16-6-13-7(3-2-4-7)5-8(15,14-6)9(10,11)12/h15H,2-5H2,1H3,(H,13,14). The Labute approximate surface area is 95.5 Å². The summed E-state index contributed by atoms with van der Waals surface area (Å²) in [6.45, 7) is 0. The average Bonchev–Trinajstić information content (AvgIpc) is 2.13. The number of halogens is 3. The van der Waals surface area contributed by atoms with Gasteiger partial charge in [-0.1, -0.05) is 11.8 Å². The van der Waals surface area contributed by atoms with Gasteiger partial charge in [-0.05, 0) is 25.5 Å². The zero-order valence-corrected chi connectivity index (χ0v) is 9.58. The van der Waals surface area contributed by atoms with Crippen LogP contribution in [0.1, 0.15) is 25.7 Å². The van der Waals surface area contributed by atoms with Gasteiger partial charge in [-0.25, -0.2) is 4.99 Å². The van der Waals surface area contributed by atoms with Gasteiger partial charge in [0.2, 0.25) is 0 Å². The van der Waals surface area contributed by atoms with Crippen molar-refractivity contribution in [3.63, 3.8) is 0 Å². The second-order valence-electron chi connectivity index (χ2n) is 4.37. The third-order valence-electron chi connectivity index (χ3n) is 3.20. The minimum atomic E-state index is -4.71. The molecular weight excluding hydrogens is 241 g/mol. The molecule has 0 aromatic rings. The molecule has 0 bridgehead atoms. The predicted octanol–water partition coefficient (Wildman–Crippen LogP) is 1.87. The fraction of sp³-hybridized carbons (Fsp3) is 0.889. The summed E-state index contributed by atoms with van der Waals surface area (Å²) in [5.74, 6) is 0. The van der Waals surface area contributed by atoms with Gasteiger partial charge < -0.3 is 10.4 Å². The van der Waals surface area contributed by atoms with Crippen LogP contribution >= 0.6 is 11.8 Å². The third kappa shape index (κ3) is 1.79. The number of thioether (sulfide) groups is 1. The average molecular weight is 254 g/mol. The van der Waals surface area contributed by atoms with Gasteiger partial charge in [-0.3, -0.25) is 0 Å². The van der Waals surface area contributed by atoms with E-state index in [0.29, 0.717) is 12.8 Å². The molecule has 0 radical (unpaired) electrons. The lowest BCUT2D eigenvalue weighted by Crippen LogP contribution is -2.64. The van der Waals surface area contributed by atoms with Gasteiger partial charge >= 0.3 is 6.18 Å². The second kappa shape index (κ2) is 3.53. The molecule has 1 aliphatic heterocycles. The van der Waals surface area contributed by atoms with Crippen LogP contribution in [0.25, 0.3) is 0 Å². The number of aliphatic hydroxyl groups is 1. The summed E-state index contributed by atoms with van der Waals surface area (Å²) in [4.78, 5) is 3.38. The van der Waals surface area contributed by atoms with E-state index in [9.17, 15) is 18.3 Å². The lowest BCUT2D eigenvalue weighted by Gasteiger charge is -2.49. The summed E-state index contributed by atoms with van der Waals surface area (Å²) >= 11 is 1.09. The molecule has 92 valence electrons. The van der Waals surface area contributed by atoms with Crippen LogP contribution in [-0.2, 0) is 0 Å². The maximum atomic E-state index is 12.7. The minimum absolute atomic E-state index is 0.172. The van der Waals surface area contributed by atoms with E-state index in [1.165, 1.54) is 0 Å².